The molecule has 0 spiro atoms. The molecule has 2 N–H and O–H groups in total. The third-order valence-electron chi connectivity index (χ3n) is 3.34. The maximum Gasteiger partial charge on any atom is 0.265 e. The van der Waals surface area contributed by atoms with Gasteiger partial charge < -0.3 is 15.4 Å². The van der Waals surface area contributed by atoms with Crippen LogP contribution in [-0.4, -0.2) is 18.4 Å². The highest BCUT2D eigenvalue weighted by molar-refractivity contribution is 7.12. The van der Waals surface area contributed by atoms with Gasteiger partial charge in [-0.3, -0.25) is 9.59 Å². The van der Waals surface area contributed by atoms with Crippen LogP contribution in [-0.2, 0) is 4.79 Å². The fourth-order valence-electron chi connectivity index (χ4n) is 2.18. The van der Waals surface area contributed by atoms with Crippen LogP contribution in [0.4, 0.5) is 11.4 Å². The summed E-state index contributed by atoms with van der Waals surface area (Å²) in [5, 5.41) is 7.80. The fourth-order valence-corrected chi connectivity index (χ4v) is 2.99. The van der Waals surface area contributed by atoms with Gasteiger partial charge in [-0.25, -0.2) is 0 Å². The SMILES string of the molecule is O=C(COc1ccccc1Cl)Nc1cccc(NC(=O)c2cccs2)c1. The van der Waals surface area contributed by atoms with Crippen LogP contribution < -0.4 is 15.4 Å². The lowest BCUT2D eigenvalue weighted by Gasteiger charge is -2.10. The number of nitrogens with one attached hydrogen (secondary N) is 2. The van der Waals surface area contributed by atoms with Crippen molar-refractivity contribution in [3.8, 4) is 5.75 Å². The lowest BCUT2D eigenvalue weighted by atomic mass is 10.2. The molecule has 0 atom stereocenters. The van der Waals surface area contributed by atoms with E-state index in [2.05, 4.69) is 10.6 Å². The van der Waals surface area contributed by atoms with E-state index < -0.39 is 0 Å². The van der Waals surface area contributed by atoms with Crippen LogP contribution in [0, 0.1) is 0 Å². The Morgan fingerprint density at radius 3 is 2.46 bits per heavy atom. The van der Waals surface area contributed by atoms with Crippen molar-refractivity contribution in [1.82, 2.24) is 0 Å². The van der Waals surface area contributed by atoms with Crippen LogP contribution in [0.25, 0.3) is 0 Å². The minimum atomic E-state index is -0.327. The van der Waals surface area contributed by atoms with Crippen LogP contribution in [0.15, 0.2) is 66.0 Å². The van der Waals surface area contributed by atoms with Crippen molar-refractivity contribution < 1.29 is 14.3 Å². The Morgan fingerprint density at radius 1 is 0.962 bits per heavy atom. The molecule has 0 fully saturated rings. The molecule has 26 heavy (non-hydrogen) atoms. The first-order valence-electron chi connectivity index (χ1n) is 7.74. The minimum Gasteiger partial charge on any atom is -0.482 e. The van der Waals surface area contributed by atoms with E-state index >= 15 is 0 Å². The van der Waals surface area contributed by atoms with Gasteiger partial charge in [-0.15, -0.1) is 11.3 Å². The number of para-hydroxylation sites is 1. The smallest absolute Gasteiger partial charge is 0.265 e. The summed E-state index contributed by atoms with van der Waals surface area (Å²) in [6.45, 7) is -0.171. The molecule has 0 saturated carbocycles. The molecule has 2 aromatic carbocycles. The van der Waals surface area contributed by atoms with Gasteiger partial charge in [0.05, 0.1) is 9.90 Å². The molecule has 2 amide bonds. The number of hydrogen-bond acceptors (Lipinski definition) is 4. The predicted molar refractivity (Wildman–Crippen MR) is 104 cm³/mol. The summed E-state index contributed by atoms with van der Waals surface area (Å²) < 4.78 is 5.40. The predicted octanol–water partition coefficient (Wildman–Crippen LogP) is 4.67. The van der Waals surface area contributed by atoms with Gasteiger partial charge in [0, 0.05) is 11.4 Å². The topological polar surface area (TPSA) is 67.4 Å². The first kappa shape index (κ1) is 18.0. The second-order valence-corrected chi connectivity index (χ2v) is 6.63. The summed E-state index contributed by atoms with van der Waals surface area (Å²) in [5.74, 6) is -0.0709. The molecule has 0 unspecified atom stereocenters. The number of ether oxygens (including phenoxy) is 1. The second kappa shape index (κ2) is 8.51. The third-order valence-corrected chi connectivity index (χ3v) is 4.53. The van der Waals surface area contributed by atoms with Crippen molar-refractivity contribution in [2.45, 2.75) is 0 Å². The number of thiophene rings is 1. The zero-order valence-corrected chi connectivity index (χ0v) is 15.1. The van der Waals surface area contributed by atoms with Gasteiger partial charge in [-0.2, -0.15) is 0 Å². The highest BCUT2D eigenvalue weighted by atomic mass is 35.5. The van der Waals surface area contributed by atoms with Gasteiger partial charge in [-0.05, 0) is 41.8 Å². The monoisotopic (exact) mass is 386 g/mol. The summed E-state index contributed by atoms with van der Waals surface area (Å²) >= 11 is 7.34. The Labute approximate surface area is 159 Å². The van der Waals surface area contributed by atoms with E-state index in [-0.39, 0.29) is 18.4 Å². The van der Waals surface area contributed by atoms with Crippen LogP contribution in [0.3, 0.4) is 0 Å². The Balaban J connectivity index is 1.57. The summed E-state index contributed by atoms with van der Waals surface area (Å²) in [4.78, 5) is 24.8. The Hall–Kier alpha value is -2.83. The van der Waals surface area contributed by atoms with E-state index in [9.17, 15) is 9.59 Å². The molecule has 0 saturated heterocycles. The van der Waals surface area contributed by atoms with Crippen molar-refractivity contribution in [2.75, 3.05) is 17.2 Å². The van der Waals surface area contributed by atoms with E-state index in [1.54, 1.807) is 54.6 Å². The summed E-state index contributed by atoms with van der Waals surface area (Å²) in [7, 11) is 0. The second-order valence-electron chi connectivity index (χ2n) is 5.28. The fraction of sp³-hybridized carbons (Fsp3) is 0.0526. The molecule has 0 bridgehead atoms. The molecule has 0 aliphatic carbocycles. The number of rotatable bonds is 6. The molecule has 0 aliphatic heterocycles. The molecule has 1 heterocycles. The molecule has 0 aliphatic rings. The van der Waals surface area contributed by atoms with Gasteiger partial charge in [0.1, 0.15) is 5.75 Å². The Morgan fingerprint density at radius 2 is 1.73 bits per heavy atom. The highest BCUT2D eigenvalue weighted by Gasteiger charge is 2.09. The number of amides is 2. The first-order chi connectivity index (χ1) is 12.6. The number of hydrogen-bond donors (Lipinski definition) is 2. The number of carbonyl (C=O) groups is 2. The molecule has 1 aromatic heterocycles. The molecule has 3 rings (SSSR count). The molecular formula is C19H15ClN2O3S. The molecule has 132 valence electrons. The maximum absolute atomic E-state index is 12.1. The number of carbonyl (C=O) groups excluding carboxylic acids is 2. The quantitative estimate of drug-likeness (QED) is 0.646. The van der Waals surface area contributed by atoms with Crippen molar-refractivity contribution in [1.29, 1.82) is 0 Å². The van der Waals surface area contributed by atoms with Gasteiger partial charge in [-0.1, -0.05) is 35.9 Å². The van der Waals surface area contributed by atoms with E-state index in [0.717, 1.165) is 0 Å². The van der Waals surface area contributed by atoms with Crippen molar-refractivity contribution in [3.05, 3.63) is 75.9 Å². The highest BCUT2D eigenvalue weighted by Crippen LogP contribution is 2.23. The number of halogens is 1. The van der Waals surface area contributed by atoms with Gasteiger partial charge in [0.2, 0.25) is 0 Å². The summed E-state index contributed by atoms with van der Waals surface area (Å²) in [6.07, 6.45) is 0. The standard InChI is InChI=1S/C19H15ClN2O3S/c20-15-7-1-2-8-16(15)25-12-18(23)21-13-5-3-6-14(11-13)22-19(24)17-9-4-10-26-17/h1-11H,12H2,(H,21,23)(H,22,24). The molecule has 3 aromatic rings. The zero-order chi connectivity index (χ0) is 18.4. The lowest BCUT2D eigenvalue weighted by molar-refractivity contribution is -0.118. The van der Waals surface area contributed by atoms with Crippen molar-refractivity contribution in [2.24, 2.45) is 0 Å². The molecule has 5 nitrogen and oxygen atoms in total. The van der Waals surface area contributed by atoms with Crippen LogP contribution in [0.1, 0.15) is 9.67 Å². The Bertz CT molecular complexity index is 913. The normalized spacial score (nSPS) is 10.2. The zero-order valence-electron chi connectivity index (χ0n) is 13.6. The van der Waals surface area contributed by atoms with Crippen LogP contribution in [0.5, 0.6) is 5.75 Å². The summed E-state index contributed by atoms with van der Waals surface area (Å²) in [6, 6.07) is 17.4. The first-order valence-corrected chi connectivity index (χ1v) is 9.00. The average molecular weight is 387 g/mol. The Kier molecular flexibility index (Phi) is 5.88. The largest absolute Gasteiger partial charge is 0.482 e. The van der Waals surface area contributed by atoms with Gasteiger partial charge >= 0.3 is 0 Å². The van der Waals surface area contributed by atoms with Crippen LogP contribution in [0.2, 0.25) is 5.02 Å². The molecule has 7 heteroatoms. The minimum absolute atomic E-state index is 0.171. The van der Waals surface area contributed by atoms with Gasteiger partial charge in [0.15, 0.2) is 6.61 Å². The van der Waals surface area contributed by atoms with Gasteiger partial charge in [0.25, 0.3) is 11.8 Å². The summed E-state index contributed by atoms with van der Waals surface area (Å²) in [5.41, 5.74) is 1.15. The average Bonchev–Trinajstić information content (AvgIpc) is 3.16. The van der Waals surface area contributed by atoms with Crippen molar-refractivity contribution in [3.63, 3.8) is 0 Å². The third kappa shape index (κ3) is 4.84. The van der Waals surface area contributed by atoms with E-state index in [1.807, 2.05) is 11.4 Å². The lowest BCUT2D eigenvalue weighted by Crippen LogP contribution is -2.20. The van der Waals surface area contributed by atoms with Crippen LogP contribution >= 0.6 is 22.9 Å². The molecule has 0 radical (unpaired) electrons. The molecular weight excluding hydrogens is 372 g/mol. The maximum atomic E-state index is 12.1. The van der Waals surface area contributed by atoms with E-state index in [0.29, 0.717) is 27.0 Å². The van der Waals surface area contributed by atoms with E-state index in [4.69, 9.17) is 16.3 Å². The number of benzene rings is 2. The van der Waals surface area contributed by atoms with Crippen molar-refractivity contribution >= 4 is 46.1 Å². The number of anilines is 2. The van der Waals surface area contributed by atoms with E-state index in [1.165, 1.54) is 11.3 Å².